The van der Waals surface area contributed by atoms with Gasteiger partial charge in [-0.1, -0.05) is 19.3 Å². The highest BCUT2D eigenvalue weighted by Crippen LogP contribution is 2.25. The monoisotopic (exact) mass is 260 g/mol. The summed E-state index contributed by atoms with van der Waals surface area (Å²) in [7, 11) is 0. The Balaban J connectivity index is 0.00000144. The smallest absolute Gasteiger partial charge is 0.220 e. The Labute approximate surface area is 111 Å². The molecule has 1 heterocycles. The fourth-order valence-corrected chi connectivity index (χ4v) is 2.89. The first-order chi connectivity index (χ1) is 7.84. The third-order valence-electron chi connectivity index (χ3n) is 3.91. The quantitative estimate of drug-likeness (QED) is 0.814. The van der Waals surface area contributed by atoms with Gasteiger partial charge in [0.2, 0.25) is 5.91 Å². The molecule has 1 saturated heterocycles. The van der Waals surface area contributed by atoms with Crippen molar-refractivity contribution in [1.82, 2.24) is 10.6 Å². The summed E-state index contributed by atoms with van der Waals surface area (Å²) in [4.78, 5) is 11.7. The van der Waals surface area contributed by atoms with E-state index in [-0.39, 0.29) is 18.3 Å². The van der Waals surface area contributed by atoms with E-state index < -0.39 is 0 Å². The van der Waals surface area contributed by atoms with E-state index in [2.05, 4.69) is 10.6 Å². The van der Waals surface area contributed by atoms with Crippen LogP contribution < -0.4 is 10.6 Å². The summed E-state index contributed by atoms with van der Waals surface area (Å²) in [5.41, 5.74) is 0. The van der Waals surface area contributed by atoms with Crippen LogP contribution in [0.15, 0.2) is 0 Å². The van der Waals surface area contributed by atoms with Gasteiger partial charge in [-0.3, -0.25) is 4.79 Å². The molecule has 1 amide bonds. The van der Waals surface area contributed by atoms with E-state index in [0.717, 1.165) is 19.5 Å². The Kier molecular flexibility index (Phi) is 6.90. The van der Waals surface area contributed by atoms with Crippen molar-refractivity contribution >= 4 is 18.3 Å². The Morgan fingerprint density at radius 3 is 2.53 bits per heavy atom. The molecule has 4 heteroatoms. The van der Waals surface area contributed by atoms with Crippen LogP contribution in [-0.4, -0.2) is 25.0 Å². The van der Waals surface area contributed by atoms with Gasteiger partial charge < -0.3 is 10.6 Å². The molecule has 2 aliphatic rings. The molecule has 0 spiro atoms. The van der Waals surface area contributed by atoms with Crippen molar-refractivity contribution in [3.63, 3.8) is 0 Å². The zero-order valence-electron chi connectivity index (χ0n) is 10.5. The van der Waals surface area contributed by atoms with E-state index in [1.807, 2.05) is 0 Å². The average molecular weight is 261 g/mol. The molecule has 0 aromatic carbocycles. The van der Waals surface area contributed by atoms with Gasteiger partial charge in [0.1, 0.15) is 0 Å². The molecule has 1 unspecified atom stereocenters. The molecule has 2 rings (SSSR count). The molecule has 1 aliphatic carbocycles. The van der Waals surface area contributed by atoms with Crippen LogP contribution in [0, 0.1) is 5.92 Å². The molecule has 100 valence electrons. The lowest BCUT2D eigenvalue weighted by Gasteiger charge is -2.21. The molecule has 0 radical (unpaired) electrons. The van der Waals surface area contributed by atoms with Crippen LogP contribution in [0.25, 0.3) is 0 Å². The van der Waals surface area contributed by atoms with Crippen LogP contribution in [0.1, 0.15) is 51.4 Å². The fourth-order valence-electron chi connectivity index (χ4n) is 2.89. The van der Waals surface area contributed by atoms with Gasteiger partial charge in [-0.25, -0.2) is 0 Å². The minimum Gasteiger partial charge on any atom is -0.355 e. The molecule has 1 atom stereocenters. The summed E-state index contributed by atoms with van der Waals surface area (Å²) in [5.74, 6) is 0.922. The zero-order chi connectivity index (χ0) is 11.2. The number of carbonyl (C=O) groups excluding carboxylic acids is 1. The molecule has 2 fully saturated rings. The van der Waals surface area contributed by atoms with E-state index in [9.17, 15) is 4.79 Å². The van der Waals surface area contributed by atoms with E-state index in [0.29, 0.717) is 12.0 Å². The number of hydrogen-bond acceptors (Lipinski definition) is 2. The van der Waals surface area contributed by atoms with Crippen molar-refractivity contribution in [1.29, 1.82) is 0 Å². The van der Waals surface area contributed by atoms with Gasteiger partial charge in [0, 0.05) is 19.0 Å². The van der Waals surface area contributed by atoms with E-state index in [1.165, 1.54) is 44.9 Å². The van der Waals surface area contributed by atoms with Crippen LogP contribution in [0.4, 0.5) is 0 Å². The minimum atomic E-state index is 0. The molecule has 0 bridgehead atoms. The lowest BCUT2D eigenvalue weighted by molar-refractivity contribution is -0.122. The van der Waals surface area contributed by atoms with Crippen LogP contribution in [0.3, 0.4) is 0 Å². The van der Waals surface area contributed by atoms with Gasteiger partial charge >= 0.3 is 0 Å². The Bertz CT molecular complexity index is 223. The molecule has 3 nitrogen and oxygen atoms in total. The van der Waals surface area contributed by atoms with Crippen molar-refractivity contribution < 1.29 is 4.79 Å². The minimum absolute atomic E-state index is 0. The maximum absolute atomic E-state index is 11.7. The summed E-state index contributed by atoms with van der Waals surface area (Å²) in [6.45, 7) is 1.94. The predicted molar refractivity (Wildman–Crippen MR) is 72.5 cm³/mol. The third-order valence-corrected chi connectivity index (χ3v) is 3.91. The lowest BCUT2D eigenvalue weighted by Crippen LogP contribution is -2.37. The van der Waals surface area contributed by atoms with Crippen molar-refractivity contribution in [3.8, 4) is 0 Å². The molecule has 0 aromatic rings. The maximum atomic E-state index is 11.7. The second-order valence-corrected chi connectivity index (χ2v) is 5.31. The van der Waals surface area contributed by atoms with Gasteiger partial charge in [0.15, 0.2) is 0 Å². The van der Waals surface area contributed by atoms with E-state index in [4.69, 9.17) is 0 Å². The van der Waals surface area contributed by atoms with Crippen molar-refractivity contribution in [2.75, 3.05) is 13.1 Å². The fraction of sp³-hybridized carbons (Fsp3) is 0.923. The summed E-state index contributed by atoms with van der Waals surface area (Å²) < 4.78 is 0. The summed E-state index contributed by atoms with van der Waals surface area (Å²) in [6, 6.07) is 0.523. The number of hydrogen-bond donors (Lipinski definition) is 2. The van der Waals surface area contributed by atoms with Gasteiger partial charge in [-0.15, -0.1) is 12.4 Å². The molecule has 0 aromatic heterocycles. The predicted octanol–water partition coefficient (Wildman–Crippen LogP) is 2.25. The maximum Gasteiger partial charge on any atom is 0.220 e. The van der Waals surface area contributed by atoms with Gasteiger partial charge in [-0.2, -0.15) is 0 Å². The number of halogens is 1. The highest BCUT2D eigenvalue weighted by atomic mass is 35.5. The van der Waals surface area contributed by atoms with Crippen LogP contribution in [-0.2, 0) is 4.79 Å². The van der Waals surface area contributed by atoms with E-state index >= 15 is 0 Å². The summed E-state index contributed by atoms with van der Waals surface area (Å²) >= 11 is 0. The van der Waals surface area contributed by atoms with Gasteiger partial charge in [-0.05, 0) is 38.1 Å². The number of nitrogens with one attached hydrogen (secondary N) is 2. The van der Waals surface area contributed by atoms with Crippen molar-refractivity contribution in [2.24, 2.45) is 5.92 Å². The first-order valence-electron chi connectivity index (χ1n) is 6.84. The van der Waals surface area contributed by atoms with Gasteiger partial charge in [0.05, 0.1) is 0 Å². The summed E-state index contributed by atoms with van der Waals surface area (Å²) in [6.07, 6.45) is 9.75. The zero-order valence-corrected chi connectivity index (χ0v) is 11.4. The molecular formula is C13H25ClN2O. The Morgan fingerprint density at radius 2 is 1.88 bits per heavy atom. The van der Waals surface area contributed by atoms with Crippen LogP contribution in [0.2, 0.25) is 0 Å². The first-order valence-corrected chi connectivity index (χ1v) is 6.84. The van der Waals surface area contributed by atoms with Gasteiger partial charge in [0.25, 0.3) is 0 Å². The Hall–Kier alpha value is -0.280. The van der Waals surface area contributed by atoms with Crippen molar-refractivity contribution in [2.45, 2.75) is 57.4 Å². The standard InChI is InChI=1S/C13H24N2O.ClH/c16-13(9-11-5-2-1-3-6-11)15-10-12-7-4-8-14-12;/h11-12,14H,1-10H2,(H,15,16);1H. The van der Waals surface area contributed by atoms with E-state index in [1.54, 1.807) is 0 Å². The Morgan fingerprint density at radius 1 is 1.12 bits per heavy atom. The number of amides is 1. The SMILES string of the molecule is Cl.O=C(CC1CCCCC1)NCC1CCCN1. The second-order valence-electron chi connectivity index (χ2n) is 5.31. The topological polar surface area (TPSA) is 41.1 Å². The third kappa shape index (κ3) is 5.26. The first kappa shape index (κ1) is 14.8. The molecule has 1 saturated carbocycles. The largest absolute Gasteiger partial charge is 0.355 e. The number of carbonyl (C=O) groups is 1. The molecule has 2 N–H and O–H groups in total. The average Bonchev–Trinajstić information content (AvgIpc) is 2.81. The molecule has 17 heavy (non-hydrogen) atoms. The normalized spacial score (nSPS) is 25.3. The lowest BCUT2D eigenvalue weighted by atomic mass is 9.87. The number of rotatable bonds is 4. The van der Waals surface area contributed by atoms with Crippen LogP contribution >= 0.6 is 12.4 Å². The second kappa shape index (κ2) is 7.93. The summed E-state index contributed by atoms with van der Waals surface area (Å²) in [5, 5.41) is 6.47. The van der Waals surface area contributed by atoms with Crippen LogP contribution in [0.5, 0.6) is 0 Å². The van der Waals surface area contributed by atoms with Crippen molar-refractivity contribution in [3.05, 3.63) is 0 Å². The highest BCUT2D eigenvalue weighted by Gasteiger charge is 2.18. The highest BCUT2D eigenvalue weighted by molar-refractivity contribution is 5.85. The molecule has 1 aliphatic heterocycles. The molecular weight excluding hydrogens is 236 g/mol.